The van der Waals surface area contributed by atoms with E-state index < -0.39 is 17.7 Å². The van der Waals surface area contributed by atoms with Crippen LogP contribution in [0, 0.1) is 0 Å². The van der Waals surface area contributed by atoms with E-state index in [9.17, 15) is 14.7 Å². The second kappa shape index (κ2) is 8.04. The molecule has 1 fully saturated rings. The van der Waals surface area contributed by atoms with Crippen molar-refractivity contribution in [1.29, 1.82) is 0 Å². The number of benzene rings is 1. The van der Waals surface area contributed by atoms with Crippen molar-refractivity contribution in [2.75, 3.05) is 13.7 Å². The predicted octanol–water partition coefficient (Wildman–Crippen LogP) is 3.51. The number of carbonyl (C=O) groups excluding carboxylic acids is 2. The number of esters is 1. The number of fused-ring (bicyclic) bond motifs is 2. The first-order valence-electron chi connectivity index (χ1n) is 10.7. The molecule has 1 aromatic rings. The molecule has 7 nitrogen and oxygen atoms in total. The van der Waals surface area contributed by atoms with Crippen LogP contribution < -0.4 is 14.2 Å². The maximum Gasteiger partial charge on any atom is 0.374 e. The first kappa shape index (κ1) is 21.4. The normalized spacial score (nSPS) is 20.4. The van der Waals surface area contributed by atoms with Crippen LogP contribution in [-0.2, 0) is 20.7 Å². The molecule has 0 radical (unpaired) electrons. The second-order valence-electron chi connectivity index (χ2n) is 8.61. The number of hydrogen-bond donors (Lipinski definition) is 1. The summed E-state index contributed by atoms with van der Waals surface area (Å²) in [5.41, 5.74) is 2.49. The summed E-state index contributed by atoms with van der Waals surface area (Å²) in [5.74, 6) is 1.40. The zero-order valence-corrected chi connectivity index (χ0v) is 18.4. The molecule has 2 heterocycles. The van der Waals surface area contributed by atoms with Crippen LogP contribution in [-0.4, -0.2) is 42.3 Å². The highest BCUT2D eigenvalue weighted by molar-refractivity contribution is 5.97. The number of rotatable bonds is 4. The molecular formula is C24H28O7. The summed E-state index contributed by atoms with van der Waals surface area (Å²) in [6.45, 7) is 5.39. The summed E-state index contributed by atoms with van der Waals surface area (Å²) in [6, 6.07) is 1.75. The summed E-state index contributed by atoms with van der Waals surface area (Å²) < 4.78 is 22.9. The molecule has 0 saturated heterocycles. The number of methoxy groups -OCH3 is 1. The highest BCUT2D eigenvalue weighted by Crippen LogP contribution is 2.51. The fraction of sp³-hybridized carbons (Fsp3) is 0.500. The number of carbonyl (C=O) groups is 2. The van der Waals surface area contributed by atoms with Gasteiger partial charge in [0.15, 0.2) is 0 Å². The van der Waals surface area contributed by atoms with Crippen molar-refractivity contribution in [3.05, 3.63) is 34.6 Å². The van der Waals surface area contributed by atoms with Gasteiger partial charge in [0.05, 0.1) is 24.9 Å². The molecule has 3 aliphatic rings. The molecule has 2 aliphatic heterocycles. The van der Waals surface area contributed by atoms with Crippen LogP contribution in [0.4, 0.5) is 0 Å². The highest BCUT2D eigenvalue weighted by Gasteiger charge is 2.40. The molecule has 0 aromatic heterocycles. The van der Waals surface area contributed by atoms with Crippen LogP contribution in [0.5, 0.6) is 17.2 Å². The molecule has 1 unspecified atom stereocenters. The molecule has 0 amide bonds. The largest absolute Gasteiger partial charge is 0.496 e. The third-order valence-corrected chi connectivity index (χ3v) is 5.99. The number of ether oxygens (including phenoxy) is 4. The molecule has 7 heteroatoms. The van der Waals surface area contributed by atoms with Gasteiger partial charge in [-0.15, -0.1) is 0 Å². The molecule has 1 saturated carbocycles. The van der Waals surface area contributed by atoms with Gasteiger partial charge in [0.1, 0.15) is 29.1 Å². The minimum Gasteiger partial charge on any atom is -0.496 e. The van der Waals surface area contributed by atoms with Crippen LogP contribution in [0.2, 0.25) is 0 Å². The standard InChI is InChI=1S/C24H28O7/c1-5-29-23(26)19-10-15(13-6-8-14(25)9-7-13)21-18(30-19)12-17-16(22(21)28-4)11-20(31-17)24(2,3)27/h10,12,20,27H,5-9,11H2,1-4H3. The van der Waals surface area contributed by atoms with E-state index in [1.54, 1.807) is 40.0 Å². The third kappa shape index (κ3) is 3.94. The molecule has 1 atom stereocenters. The Hall–Kier alpha value is -2.80. The van der Waals surface area contributed by atoms with Crippen molar-refractivity contribution in [2.24, 2.45) is 0 Å². The molecular weight excluding hydrogens is 400 g/mol. The van der Waals surface area contributed by atoms with Gasteiger partial charge < -0.3 is 24.1 Å². The number of Topliss-reactive ketones (excluding diaryl/α,β-unsaturated/α-hetero) is 1. The van der Waals surface area contributed by atoms with Gasteiger partial charge >= 0.3 is 5.97 Å². The van der Waals surface area contributed by atoms with Crippen LogP contribution in [0.15, 0.2) is 23.5 Å². The Bertz CT molecular complexity index is 982. The quantitative estimate of drug-likeness (QED) is 0.734. The average Bonchev–Trinajstić information content (AvgIpc) is 3.16. The van der Waals surface area contributed by atoms with Gasteiger partial charge in [-0.3, -0.25) is 4.79 Å². The lowest BCUT2D eigenvalue weighted by molar-refractivity contribution is -0.141. The summed E-state index contributed by atoms with van der Waals surface area (Å²) in [6.07, 6.45) is 3.98. The van der Waals surface area contributed by atoms with Crippen LogP contribution >= 0.6 is 0 Å². The van der Waals surface area contributed by atoms with E-state index in [1.807, 2.05) is 0 Å². The molecule has 166 valence electrons. The van der Waals surface area contributed by atoms with Gasteiger partial charge in [-0.05, 0) is 45.3 Å². The molecule has 1 aromatic carbocycles. The Labute approximate surface area is 181 Å². The van der Waals surface area contributed by atoms with Gasteiger partial charge in [-0.2, -0.15) is 0 Å². The predicted molar refractivity (Wildman–Crippen MR) is 113 cm³/mol. The maximum atomic E-state index is 12.5. The lowest BCUT2D eigenvalue weighted by Gasteiger charge is -2.26. The number of ketones is 1. The van der Waals surface area contributed by atoms with Gasteiger partial charge in [0.2, 0.25) is 5.76 Å². The molecule has 4 rings (SSSR count). The van der Waals surface area contributed by atoms with Gasteiger partial charge in [0.25, 0.3) is 0 Å². The first-order chi connectivity index (χ1) is 14.7. The maximum absolute atomic E-state index is 12.5. The number of hydrogen-bond acceptors (Lipinski definition) is 7. The summed E-state index contributed by atoms with van der Waals surface area (Å²) in [4.78, 5) is 24.3. The van der Waals surface area contributed by atoms with Crippen LogP contribution in [0.25, 0.3) is 5.57 Å². The zero-order chi connectivity index (χ0) is 22.3. The topological polar surface area (TPSA) is 91.3 Å². The smallest absolute Gasteiger partial charge is 0.374 e. The van der Waals surface area contributed by atoms with E-state index in [2.05, 4.69) is 0 Å². The molecule has 0 spiro atoms. The van der Waals surface area contributed by atoms with E-state index in [0.29, 0.717) is 49.4 Å². The molecule has 0 bridgehead atoms. The fourth-order valence-electron chi connectivity index (χ4n) is 4.32. The molecule has 31 heavy (non-hydrogen) atoms. The average molecular weight is 428 g/mol. The highest BCUT2D eigenvalue weighted by atomic mass is 16.6. The Morgan fingerprint density at radius 3 is 2.55 bits per heavy atom. The van der Waals surface area contributed by atoms with Crippen molar-refractivity contribution in [3.8, 4) is 17.2 Å². The van der Waals surface area contributed by atoms with Gasteiger partial charge in [-0.1, -0.05) is 5.57 Å². The lowest BCUT2D eigenvalue weighted by Crippen LogP contribution is -2.39. The Kier molecular flexibility index (Phi) is 5.56. The first-order valence-corrected chi connectivity index (χ1v) is 10.7. The Morgan fingerprint density at radius 2 is 1.94 bits per heavy atom. The van der Waals surface area contributed by atoms with Crippen molar-refractivity contribution in [1.82, 2.24) is 0 Å². The van der Waals surface area contributed by atoms with Gasteiger partial charge in [0, 0.05) is 30.9 Å². The van der Waals surface area contributed by atoms with E-state index in [0.717, 1.165) is 22.3 Å². The van der Waals surface area contributed by atoms with Gasteiger partial charge in [-0.25, -0.2) is 4.79 Å². The SMILES string of the molecule is CCOC(=O)C1=CC(=C2CCC(=O)CC2)c2c(cc3c(c2OC)CC(C(C)(C)O)O3)O1. The number of allylic oxidation sites excluding steroid dienone is 3. The summed E-state index contributed by atoms with van der Waals surface area (Å²) in [5, 5.41) is 10.5. The van der Waals surface area contributed by atoms with Crippen molar-refractivity contribution in [3.63, 3.8) is 0 Å². The van der Waals surface area contributed by atoms with E-state index >= 15 is 0 Å². The van der Waals surface area contributed by atoms with E-state index in [-0.39, 0.29) is 18.1 Å². The van der Waals surface area contributed by atoms with E-state index in [1.165, 1.54) is 0 Å². The monoisotopic (exact) mass is 428 g/mol. The second-order valence-corrected chi connectivity index (χ2v) is 8.61. The minimum atomic E-state index is -1.04. The van der Waals surface area contributed by atoms with Crippen LogP contribution in [0.1, 0.15) is 57.6 Å². The Morgan fingerprint density at radius 1 is 1.23 bits per heavy atom. The Balaban J connectivity index is 1.87. The zero-order valence-electron chi connectivity index (χ0n) is 18.4. The van der Waals surface area contributed by atoms with Crippen molar-refractivity contribution in [2.45, 2.75) is 64.6 Å². The number of aliphatic hydroxyl groups is 1. The van der Waals surface area contributed by atoms with Crippen LogP contribution in [0.3, 0.4) is 0 Å². The van der Waals surface area contributed by atoms with Crippen molar-refractivity contribution < 1.29 is 33.6 Å². The van der Waals surface area contributed by atoms with E-state index in [4.69, 9.17) is 18.9 Å². The summed E-state index contributed by atoms with van der Waals surface area (Å²) >= 11 is 0. The molecule has 1 N–H and O–H groups in total. The summed E-state index contributed by atoms with van der Waals surface area (Å²) in [7, 11) is 1.59. The molecule has 1 aliphatic carbocycles. The lowest BCUT2D eigenvalue weighted by atomic mass is 9.85. The van der Waals surface area contributed by atoms with Crippen molar-refractivity contribution >= 4 is 17.3 Å². The minimum absolute atomic E-state index is 0.0905. The third-order valence-electron chi connectivity index (χ3n) is 5.99. The fourth-order valence-corrected chi connectivity index (χ4v) is 4.32.